The van der Waals surface area contributed by atoms with E-state index in [-0.39, 0.29) is 30.8 Å². The molecule has 3 rings (SSSR count). The summed E-state index contributed by atoms with van der Waals surface area (Å²) in [5.74, 6) is -0.845. The predicted molar refractivity (Wildman–Crippen MR) is 88.7 cm³/mol. The molecular weight excluding hydrogens is 308 g/mol. The van der Waals surface area contributed by atoms with E-state index >= 15 is 0 Å². The van der Waals surface area contributed by atoms with Crippen LogP contribution in [0.25, 0.3) is 0 Å². The van der Waals surface area contributed by atoms with E-state index in [1.807, 2.05) is 4.90 Å². The summed E-state index contributed by atoms with van der Waals surface area (Å²) in [6.45, 7) is 3.90. The van der Waals surface area contributed by atoms with Crippen molar-refractivity contribution < 1.29 is 19.1 Å². The number of esters is 1. The van der Waals surface area contributed by atoms with Gasteiger partial charge in [-0.2, -0.15) is 0 Å². The van der Waals surface area contributed by atoms with E-state index in [1.165, 1.54) is 0 Å². The summed E-state index contributed by atoms with van der Waals surface area (Å²) in [5.41, 5.74) is 0.889. The number of anilines is 1. The van der Waals surface area contributed by atoms with Crippen molar-refractivity contribution in [3.63, 3.8) is 0 Å². The molecule has 2 amide bonds. The molecule has 1 unspecified atom stereocenters. The molecule has 0 bridgehead atoms. The Labute approximate surface area is 141 Å². The number of amides is 2. The second-order valence-corrected chi connectivity index (χ2v) is 6.18. The van der Waals surface area contributed by atoms with Crippen LogP contribution in [0.2, 0.25) is 0 Å². The summed E-state index contributed by atoms with van der Waals surface area (Å²) in [6.07, 6.45) is 2.26. The topological polar surface area (TPSA) is 66.9 Å². The van der Waals surface area contributed by atoms with Crippen molar-refractivity contribution in [3.8, 4) is 0 Å². The van der Waals surface area contributed by atoms with Crippen LogP contribution in [-0.4, -0.2) is 48.9 Å². The molecule has 24 heavy (non-hydrogen) atoms. The quantitative estimate of drug-likeness (QED) is 0.790. The summed E-state index contributed by atoms with van der Waals surface area (Å²) in [5, 5.41) is 0. The van der Waals surface area contributed by atoms with Gasteiger partial charge in [-0.15, -0.1) is 0 Å². The minimum atomic E-state index is -0.449. The van der Waals surface area contributed by atoms with E-state index < -0.39 is 5.97 Å². The number of carbonyl (C=O) groups excluding carboxylic acids is 3. The van der Waals surface area contributed by atoms with E-state index in [1.54, 1.807) is 36.1 Å². The second kappa shape index (κ2) is 7.03. The average molecular weight is 330 g/mol. The Morgan fingerprint density at radius 2 is 1.92 bits per heavy atom. The van der Waals surface area contributed by atoms with Gasteiger partial charge in [-0.05, 0) is 31.9 Å². The van der Waals surface area contributed by atoms with Crippen LogP contribution in [0.3, 0.4) is 0 Å². The van der Waals surface area contributed by atoms with Crippen molar-refractivity contribution in [2.24, 2.45) is 5.92 Å². The van der Waals surface area contributed by atoms with Crippen molar-refractivity contribution in [1.29, 1.82) is 0 Å². The highest BCUT2D eigenvalue weighted by Crippen LogP contribution is 2.30. The smallest absolute Gasteiger partial charge is 0.340 e. The third-order valence-corrected chi connectivity index (χ3v) is 4.58. The lowest BCUT2D eigenvalue weighted by atomic mass is 10.1. The highest BCUT2D eigenvalue weighted by atomic mass is 16.5. The molecule has 0 radical (unpaired) electrons. The Kier molecular flexibility index (Phi) is 4.83. The zero-order valence-corrected chi connectivity index (χ0v) is 13.9. The van der Waals surface area contributed by atoms with Crippen molar-refractivity contribution in [2.75, 3.05) is 31.1 Å². The minimum Gasteiger partial charge on any atom is -0.462 e. The Balaban J connectivity index is 1.79. The van der Waals surface area contributed by atoms with Crippen LogP contribution in [0.4, 0.5) is 5.69 Å². The van der Waals surface area contributed by atoms with E-state index in [9.17, 15) is 14.4 Å². The number of benzene rings is 1. The third kappa shape index (κ3) is 3.13. The fraction of sp³-hybridized carbons (Fsp3) is 0.500. The van der Waals surface area contributed by atoms with Crippen molar-refractivity contribution in [3.05, 3.63) is 29.8 Å². The Morgan fingerprint density at radius 1 is 1.21 bits per heavy atom. The number of likely N-dealkylation sites (tertiary alicyclic amines) is 1. The molecule has 2 aliphatic heterocycles. The first kappa shape index (κ1) is 16.5. The number of para-hydroxylation sites is 1. The lowest BCUT2D eigenvalue weighted by Crippen LogP contribution is -2.35. The molecule has 128 valence electrons. The molecule has 1 atom stereocenters. The number of hydrogen-bond acceptors (Lipinski definition) is 4. The number of hydrogen-bond donors (Lipinski definition) is 0. The highest BCUT2D eigenvalue weighted by molar-refractivity contribution is 6.05. The van der Waals surface area contributed by atoms with Gasteiger partial charge in [0, 0.05) is 26.1 Å². The van der Waals surface area contributed by atoms with Crippen LogP contribution in [-0.2, 0) is 14.3 Å². The number of rotatable bonds is 4. The first-order chi connectivity index (χ1) is 11.6. The molecule has 0 spiro atoms. The second-order valence-electron chi connectivity index (χ2n) is 6.18. The van der Waals surface area contributed by atoms with Crippen LogP contribution in [0.1, 0.15) is 36.5 Å². The Hall–Kier alpha value is -2.37. The SMILES string of the molecule is CCOC(=O)c1ccccc1N1CC(C(=O)N2CCCC2)CC1=O. The van der Waals surface area contributed by atoms with Gasteiger partial charge in [0.25, 0.3) is 0 Å². The molecule has 0 aliphatic carbocycles. The van der Waals surface area contributed by atoms with E-state index in [0.717, 1.165) is 25.9 Å². The summed E-state index contributed by atoms with van der Waals surface area (Å²) in [7, 11) is 0. The molecule has 0 aromatic heterocycles. The summed E-state index contributed by atoms with van der Waals surface area (Å²) in [6, 6.07) is 6.90. The van der Waals surface area contributed by atoms with Gasteiger partial charge in [-0.1, -0.05) is 12.1 Å². The van der Waals surface area contributed by atoms with Gasteiger partial charge in [0.05, 0.1) is 23.8 Å². The predicted octanol–water partition coefficient (Wildman–Crippen LogP) is 1.84. The lowest BCUT2D eigenvalue weighted by Gasteiger charge is -2.21. The van der Waals surface area contributed by atoms with Crippen LogP contribution in [0, 0.1) is 5.92 Å². The number of carbonyl (C=O) groups is 3. The molecule has 0 saturated carbocycles. The maximum absolute atomic E-state index is 12.5. The van der Waals surface area contributed by atoms with Gasteiger partial charge in [0.15, 0.2) is 0 Å². The minimum absolute atomic E-state index is 0.0527. The fourth-order valence-corrected chi connectivity index (χ4v) is 3.39. The standard InChI is InChI=1S/C18H22N2O4/c1-2-24-18(23)14-7-3-4-8-15(14)20-12-13(11-16(20)21)17(22)19-9-5-6-10-19/h3-4,7-8,13H,2,5-6,9-12H2,1H3. The van der Waals surface area contributed by atoms with E-state index in [0.29, 0.717) is 17.8 Å². The Morgan fingerprint density at radius 3 is 2.62 bits per heavy atom. The molecule has 0 N–H and O–H groups in total. The average Bonchev–Trinajstić information content (AvgIpc) is 3.24. The van der Waals surface area contributed by atoms with Crippen LogP contribution < -0.4 is 4.90 Å². The number of nitrogens with zero attached hydrogens (tertiary/aromatic N) is 2. The van der Waals surface area contributed by atoms with E-state index in [2.05, 4.69) is 0 Å². The van der Waals surface area contributed by atoms with Crippen molar-refractivity contribution >= 4 is 23.5 Å². The zero-order chi connectivity index (χ0) is 17.1. The summed E-state index contributed by atoms with van der Waals surface area (Å²) < 4.78 is 5.07. The molecule has 6 nitrogen and oxygen atoms in total. The molecule has 2 saturated heterocycles. The maximum atomic E-state index is 12.5. The van der Waals surface area contributed by atoms with E-state index in [4.69, 9.17) is 4.74 Å². The first-order valence-corrected chi connectivity index (χ1v) is 8.47. The van der Waals surface area contributed by atoms with Crippen LogP contribution in [0.15, 0.2) is 24.3 Å². The van der Waals surface area contributed by atoms with Crippen LogP contribution in [0.5, 0.6) is 0 Å². The largest absolute Gasteiger partial charge is 0.462 e. The van der Waals surface area contributed by atoms with Crippen LogP contribution >= 0.6 is 0 Å². The van der Waals surface area contributed by atoms with Gasteiger partial charge < -0.3 is 14.5 Å². The highest BCUT2D eigenvalue weighted by Gasteiger charge is 2.38. The molecule has 2 heterocycles. The monoisotopic (exact) mass is 330 g/mol. The van der Waals surface area contributed by atoms with Gasteiger partial charge in [-0.3, -0.25) is 9.59 Å². The zero-order valence-electron chi connectivity index (χ0n) is 13.9. The molecule has 6 heteroatoms. The molecular formula is C18H22N2O4. The normalized spacial score (nSPS) is 20.5. The van der Waals surface area contributed by atoms with Crippen molar-refractivity contribution in [2.45, 2.75) is 26.2 Å². The maximum Gasteiger partial charge on any atom is 0.340 e. The van der Waals surface area contributed by atoms with Gasteiger partial charge in [-0.25, -0.2) is 4.79 Å². The molecule has 1 aromatic rings. The molecule has 2 aliphatic rings. The van der Waals surface area contributed by atoms with Gasteiger partial charge in [0.2, 0.25) is 11.8 Å². The number of ether oxygens (including phenoxy) is 1. The van der Waals surface area contributed by atoms with Gasteiger partial charge >= 0.3 is 5.97 Å². The van der Waals surface area contributed by atoms with Gasteiger partial charge in [0.1, 0.15) is 0 Å². The molecule has 1 aromatic carbocycles. The Bertz CT molecular complexity index is 652. The van der Waals surface area contributed by atoms with Crippen molar-refractivity contribution in [1.82, 2.24) is 4.90 Å². The summed E-state index contributed by atoms with van der Waals surface area (Å²) >= 11 is 0. The third-order valence-electron chi connectivity index (χ3n) is 4.58. The fourth-order valence-electron chi connectivity index (χ4n) is 3.39. The lowest BCUT2D eigenvalue weighted by molar-refractivity contribution is -0.134. The first-order valence-electron chi connectivity index (χ1n) is 8.47. The molecule has 2 fully saturated rings. The summed E-state index contributed by atoms with van der Waals surface area (Å²) in [4.78, 5) is 40.5.